The van der Waals surface area contributed by atoms with Crippen LogP contribution in [0.2, 0.25) is 10.0 Å². The molecule has 96 valence electrons. The molecule has 18 heavy (non-hydrogen) atoms. The van der Waals surface area contributed by atoms with Crippen molar-refractivity contribution in [3.63, 3.8) is 0 Å². The van der Waals surface area contributed by atoms with Gasteiger partial charge in [0.05, 0.1) is 15.6 Å². The first-order valence-corrected chi connectivity index (χ1v) is 5.65. The molecule has 0 aliphatic rings. The number of halogens is 4. The summed E-state index contributed by atoms with van der Waals surface area (Å²) in [5.74, 6) is -3.46. The number of aromatic nitrogens is 1. The molecule has 0 spiro atoms. The molecule has 7 heteroatoms. The highest BCUT2D eigenvalue weighted by molar-refractivity contribution is 6.39. The average molecular weight is 293 g/mol. The van der Waals surface area contributed by atoms with E-state index < -0.39 is 11.6 Å². The van der Waals surface area contributed by atoms with E-state index in [2.05, 4.69) is 9.68 Å². The van der Waals surface area contributed by atoms with Crippen LogP contribution in [0.15, 0.2) is 22.7 Å². The fourth-order valence-electron chi connectivity index (χ4n) is 1.58. The molecule has 0 saturated carbocycles. The van der Waals surface area contributed by atoms with E-state index in [1.165, 1.54) is 12.1 Å². The molecule has 0 saturated heterocycles. The maximum absolute atomic E-state index is 13.4. The molecule has 3 nitrogen and oxygen atoms in total. The Morgan fingerprint density at radius 3 is 2.28 bits per heavy atom. The van der Waals surface area contributed by atoms with E-state index in [0.717, 1.165) is 0 Å². The number of alkyl halides is 2. The quantitative estimate of drug-likeness (QED) is 0.896. The Balaban J connectivity index is 2.76. The molecular weight excluding hydrogens is 285 g/mol. The largest absolute Gasteiger partial charge is 0.367 e. The van der Waals surface area contributed by atoms with Crippen molar-refractivity contribution in [1.82, 2.24) is 5.16 Å². The Hall–Kier alpha value is -1.33. The van der Waals surface area contributed by atoms with Crippen LogP contribution in [-0.4, -0.2) is 5.16 Å². The number of rotatable bonds is 2. The summed E-state index contributed by atoms with van der Waals surface area (Å²) in [7, 11) is 0. The van der Waals surface area contributed by atoms with Crippen molar-refractivity contribution in [3.8, 4) is 11.1 Å². The zero-order valence-electron chi connectivity index (χ0n) is 9.18. The summed E-state index contributed by atoms with van der Waals surface area (Å²) in [6.07, 6.45) is 0. The lowest BCUT2D eigenvalue weighted by Crippen LogP contribution is -2.09. The standard InChI is InChI=1S/C11H8Cl2F2N2O/c1-11(14,15)9-8(10(16)18-17-9)7-5(12)3-2-4-6(7)13/h2-4H,16H2,1H3. The van der Waals surface area contributed by atoms with Gasteiger partial charge in [-0.2, -0.15) is 8.78 Å². The van der Waals surface area contributed by atoms with Gasteiger partial charge in [-0.25, -0.2) is 0 Å². The molecular formula is C11H8Cl2F2N2O. The predicted octanol–water partition coefficient (Wildman–Crippen LogP) is 4.34. The van der Waals surface area contributed by atoms with Gasteiger partial charge in [-0.15, -0.1) is 0 Å². The first-order valence-electron chi connectivity index (χ1n) is 4.90. The summed E-state index contributed by atoms with van der Waals surface area (Å²) in [5, 5.41) is 3.67. The van der Waals surface area contributed by atoms with Crippen LogP contribution in [0, 0.1) is 0 Å². The van der Waals surface area contributed by atoms with Crippen molar-refractivity contribution < 1.29 is 13.3 Å². The molecule has 1 heterocycles. The van der Waals surface area contributed by atoms with Gasteiger partial charge in [-0.1, -0.05) is 34.4 Å². The normalized spacial score (nSPS) is 11.8. The van der Waals surface area contributed by atoms with E-state index >= 15 is 0 Å². The van der Waals surface area contributed by atoms with Gasteiger partial charge < -0.3 is 10.3 Å². The number of nitrogens with two attached hydrogens (primary N) is 1. The van der Waals surface area contributed by atoms with Crippen molar-refractivity contribution in [2.24, 2.45) is 0 Å². The van der Waals surface area contributed by atoms with Gasteiger partial charge in [0, 0.05) is 12.5 Å². The molecule has 0 aliphatic carbocycles. The summed E-state index contributed by atoms with van der Waals surface area (Å²) in [5.41, 5.74) is 5.06. The van der Waals surface area contributed by atoms with Crippen LogP contribution in [0.3, 0.4) is 0 Å². The third kappa shape index (κ3) is 2.15. The summed E-state index contributed by atoms with van der Waals surface area (Å²) in [4.78, 5) is 0. The first-order chi connectivity index (χ1) is 8.32. The third-order valence-electron chi connectivity index (χ3n) is 2.35. The maximum Gasteiger partial charge on any atom is 0.291 e. The van der Waals surface area contributed by atoms with Crippen LogP contribution in [0.25, 0.3) is 11.1 Å². The fourth-order valence-corrected chi connectivity index (χ4v) is 2.17. The number of nitrogen functional groups attached to an aromatic ring is 1. The number of hydrogen-bond acceptors (Lipinski definition) is 3. The fraction of sp³-hybridized carbons (Fsp3) is 0.182. The minimum atomic E-state index is -3.21. The Labute approximate surface area is 111 Å². The topological polar surface area (TPSA) is 52.0 Å². The van der Waals surface area contributed by atoms with Crippen LogP contribution in [-0.2, 0) is 5.92 Å². The van der Waals surface area contributed by atoms with Gasteiger partial charge in [0.2, 0.25) is 5.88 Å². The summed E-state index contributed by atoms with van der Waals surface area (Å²) < 4.78 is 31.4. The van der Waals surface area contributed by atoms with Crippen molar-refractivity contribution in [2.75, 3.05) is 5.73 Å². The van der Waals surface area contributed by atoms with E-state index in [4.69, 9.17) is 28.9 Å². The molecule has 0 aliphatic heterocycles. The highest BCUT2D eigenvalue weighted by Crippen LogP contribution is 2.44. The molecule has 0 atom stereocenters. The second-order valence-corrected chi connectivity index (χ2v) is 4.57. The van der Waals surface area contributed by atoms with E-state index in [9.17, 15) is 8.78 Å². The van der Waals surface area contributed by atoms with Crippen LogP contribution >= 0.6 is 23.2 Å². The van der Waals surface area contributed by atoms with Gasteiger partial charge in [0.25, 0.3) is 5.92 Å². The lowest BCUT2D eigenvalue weighted by Gasteiger charge is -2.11. The van der Waals surface area contributed by atoms with Crippen molar-refractivity contribution in [1.29, 1.82) is 0 Å². The highest BCUT2D eigenvalue weighted by Gasteiger charge is 2.35. The van der Waals surface area contributed by atoms with E-state index in [0.29, 0.717) is 6.92 Å². The molecule has 0 unspecified atom stereocenters. The molecule has 0 bridgehead atoms. The summed E-state index contributed by atoms with van der Waals surface area (Å²) in [6.45, 7) is 0.693. The molecule has 0 amide bonds. The van der Waals surface area contributed by atoms with Gasteiger partial charge in [0.15, 0.2) is 5.69 Å². The summed E-state index contributed by atoms with van der Waals surface area (Å²) >= 11 is 11.9. The van der Waals surface area contributed by atoms with Crippen molar-refractivity contribution in [2.45, 2.75) is 12.8 Å². The van der Waals surface area contributed by atoms with Crippen LogP contribution in [0.4, 0.5) is 14.7 Å². The van der Waals surface area contributed by atoms with E-state index in [-0.39, 0.29) is 27.1 Å². The maximum atomic E-state index is 13.4. The molecule has 0 radical (unpaired) electrons. The molecule has 0 fully saturated rings. The smallest absolute Gasteiger partial charge is 0.291 e. The minimum Gasteiger partial charge on any atom is -0.367 e. The minimum absolute atomic E-state index is 0.0712. The molecule has 1 aromatic heterocycles. The Bertz CT molecular complexity index is 573. The second kappa shape index (κ2) is 4.40. The Morgan fingerprint density at radius 1 is 1.22 bits per heavy atom. The highest BCUT2D eigenvalue weighted by atomic mass is 35.5. The molecule has 2 aromatic rings. The lowest BCUT2D eigenvalue weighted by atomic mass is 10.0. The number of nitrogens with zero attached hydrogens (tertiary/aromatic N) is 1. The van der Waals surface area contributed by atoms with Crippen LogP contribution in [0.1, 0.15) is 12.6 Å². The Kier molecular flexibility index (Phi) is 3.21. The zero-order valence-corrected chi connectivity index (χ0v) is 10.7. The monoisotopic (exact) mass is 292 g/mol. The number of benzene rings is 1. The molecule has 2 rings (SSSR count). The van der Waals surface area contributed by atoms with Crippen LogP contribution in [0.5, 0.6) is 0 Å². The second-order valence-electron chi connectivity index (χ2n) is 3.76. The van der Waals surface area contributed by atoms with Gasteiger partial charge >= 0.3 is 0 Å². The van der Waals surface area contributed by atoms with Gasteiger partial charge in [-0.05, 0) is 12.1 Å². The summed E-state index contributed by atoms with van der Waals surface area (Å²) in [6, 6.07) is 4.64. The predicted molar refractivity (Wildman–Crippen MR) is 65.9 cm³/mol. The molecule has 2 N–H and O–H groups in total. The van der Waals surface area contributed by atoms with Gasteiger partial charge in [0.1, 0.15) is 0 Å². The molecule has 1 aromatic carbocycles. The van der Waals surface area contributed by atoms with E-state index in [1.54, 1.807) is 6.07 Å². The zero-order chi connectivity index (χ0) is 13.5. The van der Waals surface area contributed by atoms with Crippen molar-refractivity contribution in [3.05, 3.63) is 33.9 Å². The number of hydrogen-bond donors (Lipinski definition) is 1. The van der Waals surface area contributed by atoms with Crippen molar-refractivity contribution >= 4 is 29.1 Å². The SMILES string of the molecule is CC(F)(F)c1noc(N)c1-c1c(Cl)cccc1Cl. The average Bonchev–Trinajstić information content (AvgIpc) is 2.60. The lowest BCUT2D eigenvalue weighted by molar-refractivity contribution is 0.0103. The van der Waals surface area contributed by atoms with E-state index in [1.807, 2.05) is 0 Å². The first kappa shape index (κ1) is 13.1. The third-order valence-corrected chi connectivity index (χ3v) is 2.98. The van der Waals surface area contributed by atoms with Gasteiger partial charge in [-0.3, -0.25) is 0 Å². The number of anilines is 1. The van der Waals surface area contributed by atoms with Crippen LogP contribution < -0.4 is 5.73 Å². The Morgan fingerprint density at radius 2 is 1.78 bits per heavy atom.